The van der Waals surface area contributed by atoms with Crippen molar-refractivity contribution in [1.82, 2.24) is 4.98 Å². The molecule has 1 aromatic heterocycles. The molecule has 0 bridgehead atoms. The van der Waals surface area contributed by atoms with E-state index in [0.717, 1.165) is 23.6 Å². The fourth-order valence-corrected chi connectivity index (χ4v) is 1.68. The lowest BCUT2D eigenvalue weighted by Crippen LogP contribution is -1.92. The van der Waals surface area contributed by atoms with Crippen LogP contribution in [0.25, 0.3) is 10.8 Å². The van der Waals surface area contributed by atoms with E-state index in [0.29, 0.717) is 5.82 Å². The maximum absolute atomic E-state index is 5.81. The Bertz CT molecular complexity index is 449. The number of fused-ring (bicyclic) bond motifs is 1. The summed E-state index contributed by atoms with van der Waals surface area (Å²) in [7, 11) is 0. The molecule has 0 aliphatic heterocycles. The summed E-state index contributed by atoms with van der Waals surface area (Å²) in [4.78, 5) is 4.09. The van der Waals surface area contributed by atoms with Gasteiger partial charge in [-0.25, -0.2) is 4.98 Å². The van der Waals surface area contributed by atoms with E-state index in [-0.39, 0.29) is 0 Å². The summed E-state index contributed by atoms with van der Waals surface area (Å²) < 4.78 is 0. The summed E-state index contributed by atoms with van der Waals surface area (Å²) in [6, 6.07) is 8.40. The van der Waals surface area contributed by atoms with Gasteiger partial charge in [0.2, 0.25) is 0 Å². The molecular weight excluding hydrogens is 172 g/mol. The second kappa shape index (κ2) is 3.66. The van der Waals surface area contributed by atoms with Crippen molar-refractivity contribution < 1.29 is 0 Å². The van der Waals surface area contributed by atoms with E-state index < -0.39 is 0 Å². The van der Waals surface area contributed by atoms with Crippen molar-refractivity contribution >= 4 is 16.6 Å². The van der Waals surface area contributed by atoms with Gasteiger partial charge in [-0.05, 0) is 29.5 Å². The third-order valence-electron chi connectivity index (χ3n) is 2.40. The number of hydrogen-bond donors (Lipinski definition) is 1. The predicted octanol–water partition coefficient (Wildman–Crippen LogP) is 2.77. The average Bonchev–Trinajstić information content (AvgIpc) is 2.20. The van der Waals surface area contributed by atoms with Crippen molar-refractivity contribution in [1.29, 1.82) is 0 Å². The predicted molar refractivity (Wildman–Crippen MR) is 60.2 cm³/mol. The molecule has 0 amide bonds. The fourth-order valence-electron chi connectivity index (χ4n) is 1.68. The highest BCUT2D eigenvalue weighted by atomic mass is 14.8. The summed E-state index contributed by atoms with van der Waals surface area (Å²) in [5.74, 6) is 0.625. The van der Waals surface area contributed by atoms with Crippen LogP contribution >= 0.6 is 0 Å². The zero-order chi connectivity index (χ0) is 9.97. The molecule has 0 atom stereocenters. The van der Waals surface area contributed by atoms with Gasteiger partial charge < -0.3 is 5.73 Å². The SMILES string of the molecule is CCCc1ccc2ccnc(N)c2c1. The van der Waals surface area contributed by atoms with Crippen molar-refractivity contribution in [2.45, 2.75) is 19.8 Å². The first-order valence-corrected chi connectivity index (χ1v) is 4.94. The highest BCUT2D eigenvalue weighted by Gasteiger charge is 1.99. The minimum Gasteiger partial charge on any atom is -0.383 e. The zero-order valence-corrected chi connectivity index (χ0v) is 8.33. The van der Waals surface area contributed by atoms with Crippen LogP contribution in [0.1, 0.15) is 18.9 Å². The molecule has 2 rings (SSSR count). The van der Waals surface area contributed by atoms with Crippen LogP contribution in [0.5, 0.6) is 0 Å². The Labute approximate surface area is 83.8 Å². The van der Waals surface area contributed by atoms with Gasteiger partial charge in [0.1, 0.15) is 5.82 Å². The second-order valence-corrected chi connectivity index (χ2v) is 3.50. The third kappa shape index (κ3) is 1.55. The van der Waals surface area contributed by atoms with Crippen LogP contribution in [0.3, 0.4) is 0 Å². The van der Waals surface area contributed by atoms with Gasteiger partial charge >= 0.3 is 0 Å². The number of nitrogens with two attached hydrogens (primary N) is 1. The van der Waals surface area contributed by atoms with Crippen LogP contribution in [0.2, 0.25) is 0 Å². The molecule has 72 valence electrons. The van der Waals surface area contributed by atoms with Gasteiger partial charge in [0.25, 0.3) is 0 Å². The highest BCUT2D eigenvalue weighted by molar-refractivity contribution is 5.91. The molecular formula is C12H14N2. The van der Waals surface area contributed by atoms with Gasteiger partial charge in [0.05, 0.1) is 0 Å². The number of nitrogen functional groups attached to an aromatic ring is 1. The topological polar surface area (TPSA) is 38.9 Å². The molecule has 2 nitrogen and oxygen atoms in total. The van der Waals surface area contributed by atoms with Gasteiger partial charge in [0.15, 0.2) is 0 Å². The van der Waals surface area contributed by atoms with Crippen molar-refractivity contribution in [2.75, 3.05) is 5.73 Å². The molecule has 0 aliphatic carbocycles. The maximum atomic E-state index is 5.81. The minimum absolute atomic E-state index is 0.625. The first kappa shape index (κ1) is 9.00. The highest BCUT2D eigenvalue weighted by Crippen LogP contribution is 2.20. The summed E-state index contributed by atoms with van der Waals surface area (Å²) in [6.45, 7) is 2.18. The summed E-state index contributed by atoms with van der Waals surface area (Å²) in [5.41, 5.74) is 7.14. The van der Waals surface area contributed by atoms with E-state index in [2.05, 4.69) is 30.1 Å². The van der Waals surface area contributed by atoms with Gasteiger partial charge in [-0.3, -0.25) is 0 Å². The Hall–Kier alpha value is -1.57. The molecule has 2 heteroatoms. The van der Waals surface area contributed by atoms with Gasteiger partial charge in [-0.1, -0.05) is 25.5 Å². The van der Waals surface area contributed by atoms with Crippen LogP contribution in [0.4, 0.5) is 5.82 Å². The lowest BCUT2D eigenvalue weighted by Gasteiger charge is -2.03. The van der Waals surface area contributed by atoms with E-state index in [1.165, 1.54) is 5.56 Å². The van der Waals surface area contributed by atoms with E-state index in [1.54, 1.807) is 6.20 Å². The van der Waals surface area contributed by atoms with Crippen LogP contribution in [-0.2, 0) is 6.42 Å². The zero-order valence-electron chi connectivity index (χ0n) is 8.33. The molecule has 2 N–H and O–H groups in total. The number of rotatable bonds is 2. The first-order valence-electron chi connectivity index (χ1n) is 4.94. The molecule has 0 unspecified atom stereocenters. The Morgan fingerprint density at radius 3 is 2.93 bits per heavy atom. The molecule has 1 aromatic carbocycles. The molecule has 0 fully saturated rings. The van der Waals surface area contributed by atoms with Gasteiger partial charge in [-0.2, -0.15) is 0 Å². The Morgan fingerprint density at radius 2 is 2.14 bits per heavy atom. The number of hydrogen-bond acceptors (Lipinski definition) is 2. The van der Waals surface area contributed by atoms with Crippen LogP contribution < -0.4 is 5.73 Å². The van der Waals surface area contributed by atoms with Crippen LogP contribution in [0, 0.1) is 0 Å². The second-order valence-electron chi connectivity index (χ2n) is 3.50. The van der Waals surface area contributed by atoms with Crippen LogP contribution in [-0.4, -0.2) is 4.98 Å². The van der Waals surface area contributed by atoms with E-state index in [9.17, 15) is 0 Å². The summed E-state index contributed by atoms with van der Waals surface area (Å²) in [6.07, 6.45) is 4.01. The van der Waals surface area contributed by atoms with Crippen molar-refractivity contribution in [3.63, 3.8) is 0 Å². The molecule has 0 saturated carbocycles. The Balaban J connectivity index is 2.58. The monoisotopic (exact) mass is 186 g/mol. The molecule has 0 aliphatic rings. The molecule has 2 aromatic rings. The lowest BCUT2D eigenvalue weighted by molar-refractivity contribution is 0.923. The Kier molecular flexibility index (Phi) is 2.35. The quantitative estimate of drug-likeness (QED) is 0.783. The molecule has 0 radical (unpaired) electrons. The number of anilines is 1. The molecule has 14 heavy (non-hydrogen) atoms. The van der Waals surface area contributed by atoms with Crippen molar-refractivity contribution in [3.05, 3.63) is 36.0 Å². The number of pyridine rings is 1. The van der Waals surface area contributed by atoms with Gasteiger partial charge in [-0.15, -0.1) is 0 Å². The Morgan fingerprint density at radius 1 is 1.29 bits per heavy atom. The molecule has 0 saturated heterocycles. The number of aromatic nitrogens is 1. The lowest BCUT2D eigenvalue weighted by atomic mass is 10.1. The summed E-state index contributed by atoms with van der Waals surface area (Å²) >= 11 is 0. The largest absolute Gasteiger partial charge is 0.383 e. The third-order valence-corrected chi connectivity index (χ3v) is 2.40. The normalized spacial score (nSPS) is 10.6. The van der Waals surface area contributed by atoms with Crippen molar-refractivity contribution in [2.24, 2.45) is 0 Å². The molecule has 1 heterocycles. The smallest absolute Gasteiger partial charge is 0.131 e. The first-order chi connectivity index (χ1) is 6.81. The maximum Gasteiger partial charge on any atom is 0.131 e. The molecule has 0 spiro atoms. The number of aryl methyl sites for hydroxylation is 1. The summed E-state index contributed by atoms with van der Waals surface area (Å²) in [5, 5.41) is 2.23. The van der Waals surface area contributed by atoms with E-state index >= 15 is 0 Å². The van der Waals surface area contributed by atoms with E-state index in [4.69, 9.17) is 5.73 Å². The number of nitrogens with zero attached hydrogens (tertiary/aromatic N) is 1. The van der Waals surface area contributed by atoms with E-state index in [1.807, 2.05) is 6.07 Å². The number of benzene rings is 1. The van der Waals surface area contributed by atoms with Gasteiger partial charge in [0, 0.05) is 11.6 Å². The fraction of sp³-hybridized carbons (Fsp3) is 0.250. The van der Waals surface area contributed by atoms with Crippen molar-refractivity contribution in [3.8, 4) is 0 Å². The minimum atomic E-state index is 0.625. The average molecular weight is 186 g/mol. The standard InChI is InChI=1S/C12H14N2/c1-2-3-9-4-5-10-6-7-14-12(13)11(10)8-9/h4-8H,2-3H2,1H3,(H2,13,14). The van der Waals surface area contributed by atoms with Crippen LogP contribution in [0.15, 0.2) is 30.5 Å².